The average molecular weight is 369 g/mol. The summed E-state index contributed by atoms with van der Waals surface area (Å²) in [5.74, 6) is -1.00. The van der Waals surface area contributed by atoms with Gasteiger partial charge in [0, 0.05) is 10.0 Å². The minimum absolute atomic E-state index is 0.0242. The normalized spacial score (nSPS) is 11.3. The summed E-state index contributed by atoms with van der Waals surface area (Å²) >= 11 is 3.22. The first-order valence-corrected chi connectivity index (χ1v) is 8.41. The van der Waals surface area contributed by atoms with Gasteiger partial charge in [-0.1, -0.05) is 34.1 Å². The number of carbonyl (C=O) groups is 1. The zero-order valence-corrected chi connectivity index (χ0v) is 13.3. The number of carbonyl (C=O) groups excluding carboxylic acids is 1. The molecular weight excluding hydrogens is 356 g/mol. The van der Waals surface area contributed by atoms with Crippen LogP contribution in [0, 0.1) is 0 Å². The molecule has 2 aromatic carbocycles. The monoisotopic (exact) mass is 368 g/mol. The number of halogens is 1. The minimum atomic E-state index is -3.69. The van der Waals surface area contributed by atoms with Gasteiger partial charge in [0.25, 0.3) is 0 Å². The fourth-order valence-corrected chi connectivity index (χ4v) is 4.01. The lowest BCUT2D eigenvalue weighted by molar-refractivity contribution is 0.0999. The zero-order valence-electron chi connectivity index (χ0n) is 10.9. The Morgan fingerprint density at radius 2 is 1.81 bits per heavy atom. The highest BCUT2D eigenvalue weighted by atomic mass is 79.9. The van der Waals surface area contributed by atoms with Crippen LogP contribution in [-0.2, 0) is 15.6 Å². The molecule has 0 fully saturated rings. The lowest BCUT2D eigenvalue weighted by Crippen LogP contribution is -2.16. The molecule has 0 atom stereocenters. The summed E-state index contributed by atoms with van der Waals surface area (Å²) in [6.45, 7) is 0. The third kappa shape index (κ3) is 3.43. The maximum Gasteiger partial charge on any atom is 0.249 e. The van der Waals surface area contributed by atoms with Crippen LogP contribution >= 0.6 is 15.9 Å². The van der Waals surface area contributed by atoms with Gasteiger partial charge >= 0.3 is 0 Å². The SMILES string of the molecule is NC(=O)c1ccccc1CS(=O)(=O)c1cc(Br)ccc1N. The molecule has 0 heterocycles. The molecule has 7 heteroatoms. The first-order valence-electron chi connectivity index (χ1n) is 5.97. The van der Waals surface area contributed by atoms with E-state index in [4.69, 9.17) is 11.5 Å². The average Bonchev–Trinajstić information content (AvgIpc) is 2.41. The van der Waals surface area contributed by atoms with E-state index >= 15 is 0 Å². The van der Waals surface area contributed by atoms with Crippen LogP contribution in [-0.4, -0.2) is 14.3 Å². The summed E-state index contributed by atoms with van der Waals surface area (Å²) in [6, 6.07) is 11.0. The molecule has 0 aliphatic carbocycles. The Hall–Kier alpha value is -1.86. The van der Waals surface area contributed by atoms with E-state index in [0.717, 1.165) is 0 Å². The van der Waals surface area contributed by atoms with Crippen LogP contribution in [0.25, 0.3) is 0 Å². The molecule has 2 aromatic rings. The van der Waals surface area contributed by atoms with Crippen LogP contribution in [0.2, 0.25) is 0 Å². The second kappa shape index (κ2) is 5.87. The predicted molar refractivity (Wildman–Crippen MR) is 84.4 cm³/mol. The smallest absolute Gasteiger partial charge is 0.249 e. The van der Waals surface area contributed by atoms with Crippen LogP contribution in [0.3, 0.4) is 0 Å². The molecule has 21 heavy (non-hydrogen) atoms. The first kappa shape index (κ1) is 15.5. The van der Waals surface area contributed by atoms with Crippen molar-refractivity contribution in [3.05, 3.63) is 58.1 Å². The largest absolute Gasteiger partial charge is 0.398 e. The molecule has 0 unspecified atom stereocenters. The fraction of sp³-hybridized carbons (Fsp3) is 0.0714. The summed E-state index contributed by atoms with van der Waals surface area (Å²) in [4.78, 5) is 11.4. The Bertz CT molecular complexity index is 804. The summed E-state index contributed by atoms with van der Waals surface area (Å²) in [6.07, 6.45) is 0. The van der Waals surface area contributed by atoms with Crippen molar-refractivity contribution in [1.29, 1.82) is 0 Å². The molecule has 4 N–H and O–H groups in total. The highest BCUT2D eigenvalue weighted by molar-refractivity contribution is 9.10. The van der Waals surface area contributed by atoms with Gasteiger partial charge in [-0.2, -0.15) is 0 Å². The number of rotatable bonds is 4. The number of benzene rings is 2. The molecule has 0 bridgehead atoms. The van der Waals surface area contributed by atoms with Crippen LogP contribution in [0.4, 0.5) is 5.69 Å². The van der Waals surface area contributed by atoms with Gasteiger partial charge < -0.3 is 11.5 Å². The summed E-state index contributed by atoms with van der Waals surface area (Å²) < 4.78 is 25.6. The minimum Gasteiger partial charge on any atom is -0.398 e. The second-order valence-corrected chi connectivity index (χ2v) is 7.34. The van der Waals surface area contributed by atoms with E-state index in [2.05, 4.69) is 15.9 Å². The van der Waals surface area contributed by atoms with Crippen molar-refractivity contribution in [2.75, 3.05) is 5.73 Å². The van der Waals surface area contributed by atoms with Crippen LogP contribution < -0.4 is 11.5 Å². The maximum atomic E-state index is 12.5. The molecule has 0 aliphatic heterocycles. The van der Waals surface area contributed by atoms with E-state index in [1.54, 1.807) is 24.3 Å². The summed E-state index contributed by atoms with van der Waals surface area (Å²) in [5.41, 5.74) is 11.7. The Labute approximate surface area is 131 Å². The number of nitrogens with two attached hydrogens (primary N) is 2. The predicted octanol–water partition coefficient (Wildman–Crippen LogP) is 2.10. The number of anilines is 1. The highest BCUT2D eigenvalue weighted by Gasteiger charge is 2.21. The third-order valence-electron chi connectivity index (χ3n) is 2.94. The van der Waals surface area contributed by atoms with Gasteiger partial charge in [0.05, 0.1) is 16.3 Å². The number of amides is 1. The van der Waals surface area contributed by atoms with Crippen molar-refractivity contribution in [3.63, 3.8) is 0 Å². The van der Waals surface area contributed by atoms with Gasteiger partial charge in [-0.25, -0.2) is 8.42 Å². The number of sulfone groups is 1. The molecule has 0 spiro atoms. The fourth-order valence-electron chi connectivity index (χ4n) is 1.95. The van der Waals surface area contributed by atoms with Crippen LogP contribution in [0.15, 0.2) is 51.8 Å². The molecular formula is C14H13BrN2O3S. The molecule has 0 radical (unpaired) electrons. The highest BCUT2D eigenvalue weighted by Crippen LogP contribution is 2.26. The van der Waals surface area contributed by atoms with E-state index < -0.39 is 15.7 Å². The van der Waals surface area contributed by atoms with Crippen molar-refractivity contribution in [3.8, 4) is 0 Å². The molecule has 0 saturated carbocycles. The van der Waals surface area contributed by atoms with E-state index in [9.17, 15) is 13.2 Å². The van der Waals surface area contributed by atoms with Gasteiger partial charge in [0.2, 0.25) is 5.91 Å². The summed E-state index contributed by atoms with van der Waals surface area (Å²) in [5, 5.41) is 0. The Balaban J connectivity index is 2.48. The summed E-state index contributed by atoms with van der Waals surface area (Å²) in [7, 11) is -3.69. The van der Waals surface area contributed by atoms with Gasteiger partial charge in [-0.3, -0.25) is 4.79 Å². The molecule has 5 nitrogen and oxygen atoms in total. The number of hydrogen-bond donors (Lipinski definition) is 2. The third-order valence-corrected chi connectivity index (χ3v) is 5.15. The van der Waals surface area contributed by atoms with Crippen molar-refractivity contribution in [2.24, 2.45) is 5.73 Å². The van der Waals surface area contributed by atoms with Crippen molar-refractivity contribution < 1.29 is 13.2 Å². The van der Waals surface area contributed by atoms with E-state index in [1.807, 2.05) is 0 Å². The number of hydrogen-bond acceptors (Lipinski definition) is 4. The molecule has 110 valence electrons. The first-order chi connectivity index (χ1) is 9.81. The lowest BCUT2D eigenvalue weighted by Gasteiger charge is -2.10. The standard InChI is InChI=1S/C14H13BrN2O3S/c15-10-5-6-12(16)13(7-10)21(19,20)8-9-3-1-2-4-11(9)14(17)18/h1-7H,8,16H2,(H2,17,18). The maximum absolute atomic E-state index is 12.5. The quantitative estimate of drug-likeness (QED) is 0.806. The molecule has 1 amide bonds. The molecule has 0 aliphatic rings. The van der Waals surface area contributed by atoms with Gasteiger partial charge in [0.15, 0.2) is 9.84 Å². The van der Waals surface area contributed by atoms with Crippen molar-refractivity contribution in [2.45, 2.75) is 10.6 Å². The number of nitrogen functional groups attached to an aromatic ring is 1. The van der Waals surface area contributed by atoms with Gasteiger partial charge in [-0.15, -0.1) is 0 Å². The van der Waals surface area contributed by atoms with Crippen LogP contribution in [0.1, 0.15) is 15.9 Å². The Morgan fingerprint density at radius 3 is 2.48 bits per heavy atom. The zero-order chi connectivity index (χ0) is 15.6. The van der Waals surface area contributed by atoms with Crippen LogP contribution in [0.5, 0.6) is 0 Å². The molecule has 0 saturated heterocycles. The Morgan fingerprint density at radius 1 is 1.14 bits per heavy atom. The van der Waals surface area contributed by atoms with E-state index in [0.29, 0.717) is 10.0 Å². The van der Waals surface area contributed by atoms with Gasteiger partial charge in [0.1, 0.15) is 0 Å². The molecule has 0 aromatic heterocycles. The second-order valence-electron chi connectivity index (χ2n) is 4.46. The topological polar surface area (TPSA) is 103 Å². The van der Waals surface area contributed by atoms with Crippen molar-refractivity contribution in [1.82, 2.24) is 0 Å². The van der Waals surface area contributed by atoms with E-state index in [-0.39, 0.29) is 21.9 Å². The lowest BCUT2D eigenvalue weighted by atomic mass is 10.1. The van der Waals surface area contributed by atoms with Gasteiger partial charge in [-0.05, 0) is 29.8 Å². The Kier molecular flexibility index (Phi) is 4.34. The molecule has 2 rings (SSSR count). The number of primary amides is 1. The van der Waals surface area contributed by atoms with Crippen molar-refractivity contribution >= 4 is 37.4 Å². The van der Waals surface area contributed by atoms with E-state index in [1.165, 1.54) is 18.2 Å².